The Morgan fingerprint density at radius 2 is 1.39 bits per heavy atom. The molecule has 0 spiro atoms. The monoisotopic (exact) mass is 560 g/mol. The van der Waals surface area contributed by atoms with Gasteiger partial charge in [-0.2, -0.15) is 0 Å². The van der Waals surface area contributed by atoms with Crippen LogP contribution in [0, 0.1) is 11.3 Å². The number of carboxylic acid groups (broad SMARTS) is 2. The van der Waals surface area contributed by atoms with Gasteiger partial charge in [-0.25, -0.2) is 0 Å². The van der Waals surface area contributed by atoms with Gasteiger partial charge < -0.3 is 39.8 Å². The maximum Gasteiger partial charge on any atom is 0.321 e. The highest BCUT2D eigenvalue weighted by Gasteiger charge is 2.52. The average molecular weight is 561 g/mol. The number of carbonyl (C=O) groups is 6. The third-order valence-electron chi connectivity index (χ3n) is 6.43. The molecule has 38 heavy (non-hydrogen) atoms. The number of hydrogen-bond acceptors (Lipinski definition) is 11. The van der Waals surface area contributed by atoms with Gasteiger partial charge in [0.15, 0.2) is 23.9 Å². The second-order valence-electron chi connectivity index (χ2n) is 9.25. The van der Waals surface area contributed by atoms with Crippen LogP contribution < -0.4 is 10.6 Å². The quantitative estimate of drug-likeness (QED) is 0.126. The lowest BCUT2D eigenvalue weighted by molar-refractivity contribution is -0.225. The Labute approximate surface area is 223 Å². The van der Waals surface area contributed by atoms with Crippen molar-refractivity contribution < 1.29 is 57.9 Å². The van der Waals surface area contributed by atoms with E-state index in [0.717, 1.165) is 20.8 Å². The van der Waals surface area contributed by atoms with Crippen LogP contribution in [0.2, 0.25) is 0 Å². The minimum atomic E-state index is -1.90. The van der Waals surface area contributed by atoms with Crippen LogP contribution in [0.25, 0.3) is 0 Å². The predicted molar refractivity (Wildman–Crippen MR) is 129 cm³/mol. The molecule has 1 saturated carbocycles. The number of esters is 3. The van der Waals surface area contributed by atoms with E-state index in [4.69, 9.17) is 31.2 Å². The van der Waals surface area contributed by atoms with Crippen molar-refractivity contribution in [2.45, 2.75) is 84.0 Å². The molecule has 1 heterocycles. The number of nitrogens with one attached hydrogen (secondary N) is 2. The zero-order valence-corrected chi connectivity index (χ0v) is 22.2. The lowest BCUT2D eigenvalue weighted by atomic mass is 9.70. The summed E-state index contributed by atoms with van der Waals surface area (Å²) >= 11 is 5.52. The van der Waals surface area contributed by atoms with Crippen LogP contribution in [0.4, 0.5) is 0 Å². The van der Waals surface area contributed by atoms with Crippen LogP contribution >= 0.6 is 12.2 Å². The molecule has 0 aromatic heterocycles. The summed E-state index contributed by atoms with van der Waals surface area (Å²) in [5.41, 5.74) is -1.90. The third-order valence-corrected chi connectivity index (χ3v) is 6.88. The maximum absolute atomic E-state index is 12.0. The molecule has 212 valence electrons. The summed E-state index contributed by atoms with van der Waals surface area (Å²) < 4.78 is 21.8. The van der Waals surface area contributed by atoms with E-state index in [9.17, 15) is 39.0 Å². The number of hydrogen-bond donors (Lipinski definition) is 4. The van der Waals surface area contributed by atoms with Crippen molar-refractivity contribution in [1.82, 2.24) is 10.6 Å². The zero-order valence-electron chi connectivity index (χ0n) is 21.4. The highest BCUT2D eigenvalue weighted by Crippen LogP contribution is 2.40. The number of amides is 1. The molecule has 5 atom stereocenters. The number of rotatable bonds is 9. The Hall–Kier alpha value is -3.33. The normalized spacial score (nSPS) is 26.8. The van der Waals surface area contributed by atoms with Gasteiger partial charge >= 0.3 is 29.8 Å². The summed E-state index contributed by atoms with van der Waals surface area (Å²) in [6.07, 6.45) is -4.81. The zero-order chi connectivity index (χ0) is 28.8. The largest absolute Gasteiger partial charge is 0.480 e. The molecular formula is C23H32N2O12S. The van der Waals surface area contributed by atoms with Crippen molar-refractivity contribution in [2.75, 3.05) is 6.61 Å². The van der Waals surface area contributed by atoms with E-state index in [2.05, 4.69) is 10.6 Å². The molecule has 0 bridgehead atoms. The summed E-state index contributed by atoms with van der Waals surface area (Å²) in [6.45, 7) is 4.24. The standard InChI is InChI=1S/C23H32N2O12S/c1-10(26)24-16-18(36-13(4)29)17(35-12(3)28)15(9-34-11(2)27)37-19(16)25-20(38)14-5-7-23(8-6-14,21(30)31)22(32)33/h14-19H,5-9H2,1-4H3,(H,24,26)(H,25,38)(H,30,31)(H,32,33)/t15-,16+,17+,18-,19-/m1/s1. The average Bonchev–Trinajstić information content (AvgIpc) is 2.80. The third kappa shape index (κ3) is 7.60. The Morgan fingerprint density at radius 3 is 1.84 bits per heavy atom. The summed E-state index contributed by atoms with van der Waals surface area (Å²) in [5, 5.41) is 24.5. The molecule has 0 unspecified atom stereocenters. The summed E-state index contributed by atoms with van der Waals surface area (Å²) in [7, 11) is 0. The molecule has 2 aliphatic rings. The minimum Gasteiger partial charge on any atom is -0.480 e. The first-order valence-electron chi connectivity index (χ1n) is 11.9. The molecule has 4 N–H and O–H groups in total. The fourth-order valence-corrected chi connectivity index (χ4v) is 4.96. The van der Waals surface area contributed by atoms with Crippen LogP contribution in [-0.4, -0.2) is 88.1 Å². The number of aliphatic carboxylic acids is 2. The maximum atomic E-state index is 12.0. The van der Waals surface area contributed by atoms with E-state index in [1.165, 1.54) is 6.92 Å². The fraction of sp³-hybridized carbons (Fsp3) is 0.696. The van der Waals surface area contributed by atoms with Crippen molar-refractivity contribution in [3.05, 3.63) is 0 Å². The van der Waals surface area contributed by atoms with E-state index in [-0.39, 0.29) is 37.3 Å². The van der Waals surface area contributed by atoms with Crippen molar-refractivity contribution in [1.29, 1.82) is 0 Å². The van der Waals surface area contributed by atoms with Crippen LogP contribution in [0.15, 0.2) is 0 Å². The van der Waals surface area contributed by atoms with Gasteiger partial charge in [0.05, 0.1) is 4.99 Å². The molecule has 1 saturated heterocycles. The van der Waals surface area contributed by atoms with Gasteiger partial charge in [0, 0.05) is 33.6 Å². The molecular weight excluding hydrogens is 528 g/mol. The fourth-order valence-electron chi connectivity index (χ4n) is 4.61. The number of thiocarbonyl (C=S) groups is 1. The molecule has 0 aromatic carbocycles. The van der Waals surface area contributed by atoms with Crippen molar-refractivity contribution in [3.8, 4) is 0 Å². The van der Waals surface area contributed by atoms with E-state index in [0.29, 0.717) is 0 Å². The Morgan fingerprint density at radius 1 is 0.868 bits per heavy atom. The second-order valence-corrected chi connectivity index (χ2v) is 9.69. The molecule has 0 aromatic rings. The molecule has 1 amide bonds. The SMILES string of the molecule is CC(=O)N[C@H]1[C@@H](OC(C)=O)[C@@H](OC(C)=O)[C@@H](COC(C)=O)O[C@H]1NC(=S)C1CCC(C(=O)O)(C(=O)O)CC1. The van der Waals surface area contributed by atoms with Crippen molar-refractivity contribution in [3.63, 3.8) is 0 Å². The first-order chi connectivity index (χ1) is 17.7. The van der Waals surface area contributed by atoms with Gasteiger partial charge in [-0.1, -0.05) is 12.2 Å². The predicted octanol–water partition coefficient (Wildman–Crippen LogP) is -0.0947. The van der Waals surface area contributed by atoms with E-state index < -0.39 is 77.7 Å². The highest BCUT2D eigenvalue weighted by atomic mass is 32.1. The highest BCUT2D eigenvalue weighted by molar-refractivity contribution is 7.80. The van der Waals surface area contributed by atoms with E-state index >= 15 is 0 Å². The van der Waals surface area contributed by atoms with Gasteiger partial charge in [-0.15, -0.1) is 0 Å². The van der Waals surface area contributed by atoms with E-state index in [1.54, 1.807) is 0 Å². The van der Waals surface area contributed by atoms with Crippen molar-refractivity contribution in [2.24, 2.45) is 11.3 Å². The molecule has 1 aliphatic carbocycles. The van der Waals surface area contributed by atoms with Crippen molar-refractivity contribution >= 4 is 53.0 Å². The van der Waals surface area contributed by atoms with Gasteiger partial charge in [0.25, 0.3) is 0 Å². The van der Waals surface area contributed by atoms with Gasteiger partial charge in [-0.05, 0) is 25.7 Å². The van der Waals surface area contributed by atoms with Crippen LogP contribution in [0.1, 0.15) is 53.4 Å². The van der Waals surface area contributed by atoms with Gasteiger partial charge in [-0.3, -0.25) is 28.8 Å². The lowest BCUT2D eigenvalue weighted by Gasteiger charge is -2.46. The Kier molecular flexibility index (Phi) is 10.5. The molecule has 2 fully saturated rings. The molecule has 15 heteroatoms. The lowest BCUT2D eigenvalue weighted by Crippen LogP contribution is -2.69. The van der Waals surface area contributed by atoms with E-state index in [1.807, 2.05) is 0 Å². The van der Waals surface area contributed by atoms with Gasteiger partial charge in [0.1, 0.15) is 18.8 Å². The van der Waals surface area contributed by atoms with Crippen LogP contribution in [0.3, 0.4) is 0 Å². The number of carboxylic acids is 2. The number of carbonyl (C=O) groups excluding carboxylic acids is 4. The molecule has 0 radical (unpaired) electrons. The summed E-state index contributed by atoms with van der Waals surface area (Å²) in [5.74, 6) is -5.92. The minimum absolute atomic E-state index is 0.148. The second kappa shape index (κ2) is 13.0. The van der Waals surface area contributed by atoms with Crippen LogP contribution in [-0.2, 0) is 47.7 Å². The topological polar surface area (TPSA) is 204 Å². The molecule has 14 nitrogen and oxygen atoms in total. The first-order valence-corrected chi connectivity index (χ1v) is 12.3. The Bertz CT molecular complexity index is 961. The molecule has 1 aliphatic heterocycles. The smallest absolute Gasteiger partial charge is 0.321 e. The van der Waals surface area contributed by atoms with Gasteiger partial charge in [0.2, 0.25) is 5.91 Å². The van der Waals surface area contributed by atoms with Crippen LogP contribution in [0.5, 0.6) is 0 Å². The number of ether oxygens (including phenoxy) is 4. The molecule has 2 rings (SSSR count). The first kappa shape index (κ1) is 30.9. The summed E-state index contributed by atoms with van der Waals surface area (Å²) in [6, 6.07) is -1.12. The Balaban J connectivity index is 2.33. The summed E-state index contributed by atoms with van der Waals surface area (Å²) in [4.78, 5) is 70.7.